The van der Waals surface area contributed by atoms with Gasteiger partial charge in [-0.1, -0.05) is 12.1 Å². The Hall–Kier alpha value is -2.91. The van der Waals surface area contributed by atoms with Gasteiger partial charge < -0.3 is 4.57 Å². The first-order valence-electron chi connectivity index (χ1n) is 11.2. The van der Waals surface area contributed by atoms with Gasteiger partial charge in [-0.3, -0.25) is 14.9 Å². The minimum Gasteiger partial charge on any atom is -0.342 e. The average molecular weight is 458 g/mol. The van der Waals surface area contributed by atoms with E-state index >= 15 is 0 Å². The van der Waals surface area contributed by atoms with Crippen molar-refractivity contribution in [2.45, 2.75) is 38.2 Å². The van der Waals surface area contributed by atoms with E-state index in [0.29, 0.717) is 44.0 Å². The minimum atomic E-state index is -2.66. The molecular formula is C24H25F3N4O2. The first-order valence-corrected chi connectivity index (χ1v) is 11.2. The van der Waals surface area contributed by atoms with Crippen LogP contribution < -0.4 is 0 Å². The van der Waals surface area contributed by atoms with Crippen molar-refractivity contribution in [3.63, 3.8) is 0 Å². The molecule has 2 aromatic heterocycles. The van der Waals surface area contributed by atoms with Crippen LogP contribution in [0.1, 0.15) is 40.0 Å². The largest absolute Gasteiger partial charge is 0.342 e. The van der Waals surface area contributed by atoms with Crippen LogP contribution in [0.3, 0.4) is 0 Å². The topological polar surface area (TPSA) is 61.6 Å². The highest BCUT2D eigenvalue weighted by atomic mass is 19.3. The summed E-state index contributed by atoms with van der Waals surface area (Å²) in [5.41, 5.74) is 3.70. The van der Waals surface area contributed by atoms with E-state index in [9.17, 15) is 23.2 Å². The van der Waals surface area contributed by atoms with E-state index < -0.39 is 11.8 Å². The third kappa shape index (κ3) is 4.35. The summed E-state index contributed by atoms with van der Waals surface area (Å²) in [4.78, 5) is 18.6. The zero-order valence-corrected chi connectivity index (χ0v) is 18.1. The zero-order valence-electron chi connectivity index (χ0n) is 18.1. The molecule has 6 nitrogen and oxygen atoms in total. The highest BCUT2D eigenvalue weighted by Crippen LogP contribution is 2.32. The summed E-state index contributed by atoms with van der Waals surface area (Å²) >= 11 is 0. The smallest absolute Gasteiger partial charge is 0.296 e. The lowest BCUT2D eigenvalue weighted by Gasteiger charge is -2.32. The van der Waals surface area contributed by atoms with Gasteiger partial charge in [-0.15, -0.1) is 0 Å². The van der Waals surface area contributed by atoms with E-state index in [4.69, 9.17) is 0 Å². The Morgan fingerprint density at radius 2 is 1.94 bits per heavy atom. The molecule has 1 amide bonds. The summed E-state index contributed by atoms with van der Waals surface area (Å²) in [5.74, 6) is -3.50. The summed E-state index contributed by atoms with van der Waals surface area (Å²) in [6.45, 7) is 1.55. The summed E-state index contributed by atoms with van der Waals surface area (Å²) in [5, 5.41) is 11.4. The monoisotopic (exact) mass is 458 g/mol. The molecule has 0 atom stereocenters. The minimum absolute atomic E-state index is 0.0700. The molecule has 1 aromatic carbocycles. The molecule has 9 heteroatoms. The number of fused-ring (bicyclic) bond motifs is 3. The van der Waals surface area contributed by atoms with Crippen LogP contribution in [0.25, 0.3) is 10.9 Å². The number of hydroxylamine groups is 2. The summed E-state index contributed by atoms with van der Waals surface area (Å²) in [6.07, 6.45) is 5.01. The van der Waals surface area contributed by atoms with Crippen molar-refractivity contribution < 1.29 is 23.2 Å². The summed E-state index contributed by atoms with van der Waals surface area (Å²) in [6, 6.07) is 6.26. The number of hydrogen-bond acceptors (Lipinski definition) is 4. The van der Waals surface area contributed by atoms with E-state index in [1.807, 2.05) is 10.8 Å². The number of likely N-dealkylation sites (tertiary alicyclic amines) is 1. The molecule has 2 aliphatic rings. The van der Waals surface area contributed by atoms with Gasteiger partial charge in [0.15, 0.2) is 0 Å². The molecule has 0 aliphatic carbocycles. The summed E-state index contributed by atoms with van der Waals surface area (Å²) in [7, 11) is 0. The molecule has 0 unspecified atom stereocenters. The van der Waals surface area contributed by atoms with Crippen molar-refractivity contribution >= 4 is 16.8 Å². The molecule has 1 saturated heterocycles. The highest BCUT2D eigenvalue weighted by Gasteiger charge is 2.35. The number of benzene rings is 1. The maximum atomic E-state index is 13.9. The number of carbonyl (C=O) groups excluding carboxylic acids is 1. The second-order valence-corrected chi connectivity index (χ2v) is 8.92. The SMILES string of the molecule is O=C1c2ncc3c(c(CCN4CCCC(F)(F)C4)cn3Cc3ccc(F)cc3)c2CCN1O. The second kappa shape index (κ2) is 8.46. The molecular weight excluding hydrogens is 433 g/mol. The van der Waals surface area contributed by atoms with Crippen molar-refractivity contribution in [1.29, 1.82) is 0 Å². The Balaban J connectivity index is 1.51. The van der Waals surface area contributed by atoms with Gasteiger partial charge in [-0.25, -0.2) is 23.2 Å². The standard InChI is InChI=1S/C24H25F3N4O2/c25-18-4-2-16(3-5-18)13-30-14-17(6-10-29-9-1-8-24(26,27)15-29)21-19-7-11-31(33)23(32)22(19)28-12-20(21)30/h2-5,12,14,33H,1,6-11,13,15H2. The van der Waals surface area contributed by atoms with E-state index in [-0.39, 0.29) is 31.0 Å². The molecule has 3 aromatic rings. The Kier molecular flexibility index (Phi) is 5.62. The van der Waals surface area contributed by atoms with E-state index in [2.05, 4.69) is 4.98 Å². The van der Waals surface area contributed by atoms with Crippen LogP contribution in [0.5, 0.6) is 0 Å². The van der Waals surface area contributed by atoms with Gasteiger partial charge in [0.25, 0.3) is 11.8 Å². The van der Waals surface area contributed by atoms with Crippen LogP contribution in [0.15, 0.2) is 36.7 Å². The number of amides is 1. The van der Waals surface area contributed by atoms with Crippen molar-refractivity contribution in [1.82, 2.24) is 19.5 Å². The van der Waals surface area contributed by atoms with E-state index in [1.165, 1.54) is 12.1 Å². The summed E-state index contributed by atoms with van der Waals surface area (Å²) < 4.78 is 43.1. The molecule has 2 aliphatic heterocycles. The molecule has 1 N–H and O–H groups in total. The quantitative estimate of drug-likeness (QED) is 0.590. The Morgan fingerprint density at radius 3 is 2.70 bits per heavy atom. The van der Waals surface area contributed by atoms with Crippen molar-refractivity contribution in [3.05, 3.63) is 64.9 Å². The number of carbonyl (C=O) groups is 1. The van der Waals surface area contributed by atoms with Gasteiger partial charge in [-0.2, -0.15) is 0 Å². The zero-order chi connectivity index (χ0) is 23.2. The van der Waals surface area contributed by atoms with Crippen LogP contribution in [-0.4, -0.2) is 62.7 Å². The number of halogens is 3. The van der Waals surface area contributed by atoms with Crippen LogP contribution in [0.4, 0.5) is 13.2 Å². The normalized spacial score (nSPS) is 18.7. The molecule has 0 bridgehead atoms. The van der Waals surface area contributed by atoms with Crippen LogP contribution >= 0.6 is 0 Å². The van der Waals surface area contributed by atoms with Gasteiger partial charge in [0.05, 0.1) is 24.8 Å². The Labute approximate surface area is 189 Å². The van der Waals surface area contributed by atoms with Crippen LogP contribution in [-0.2, 0) is 19.4 Å². The lowest BCUT2D eigenvalue weighted by Crippen LogP contribution is -2.43. The van der Waals surface area contributed by atoms with Crippen LogP contribution in [0, 0.1) is 5.82 Å². The van der Waals surface area contributed by atoms with E-state index in [1.54, 1.807) is 23.2 Å². The lowest BCUT2D eigenvalue weighted by molar-refractivity contribution is -0.0635. The van der Waals surface area contributed by atoms with Crippen molar-refractivity contribution in [3.8, 4) is 0 Å². The molecule has 5 rings (SSSR count). The average Bonchev–Trinajstić information content (AvgIpc) is 3.13. The third-order valence-corrected chi connectivity index (χ3v) is 6.55. The molecule has 0 radical (unpaired) electrons. The van der Waals surface area contributed by atoms with Gasteiger partial charge in [-0.05, 0) is 54.6 Å². The predicted molar refractivity (Wildman–Crippen MR) is 116 cm³/mol. The number of aromatic nitrogens is 2. The van der Waals surface area contributed by atoms with Crippen LogP contribution in [0.2, 0.25) is 0 Å². The number of rotatable bonds is 5. The first-order chi connectivity index (χ1) is 15.8. The van der Waals surface area contributed by atoms with Gasteiger partial charge >= 0.3 is 0 Å². The highest BCUT2D eigenvalue weighted by molar-refractivity contribution is 6.00. The predicted octanol–water partition coefficient (Wildman–Crippen LogP) is 3.88. The van der Waals surface area contributed by atoms with Gasteiger partial charge in [0.1, 0.15) is 11.5 Å². The number of hydrogen-bond donors (Lipinski definition) is 1. The first kappa shape index (κ1) is 21.9. The maximum Gasteiger partial charge on any atom is 0.296 e. The molecule has 174 valence electrons. The third-order valence-electron chi connectivity index (χ3n) is 6.55. The fourth-order valence-electron chi connectivity index (χ4n) is 4.93. The van der Waals surface area contributed by atoms with Crippen molar-refractivity contribution in [2.24, 2.45) is 0 Å². The number of alkyl halides is 2. The molecule has 0 spiro atoms. The molecule has 4 heterocycles. The molecule has 1 fully saturated rings. The maximum absolute atomic E-state index is 13.9. The lowest BCUT2D eigenvalue weighted by atomic mass is 9.97. The van der Waals surface area contributed by atoms with Gasteiger partial charge in [0, 0.05) is 31.1 Å². The van der Waals surface area contributed by atoms with E-state index in [0.717, 1.165) is 27.6 Å². The molecule has 0 saturated carbocycles. The number of piperidine rings is 1. The van der Waals surface area contributed by atoms with Gasteiger partial charge in [0.2, 0.25) is 0 Å². The fraction of sp³-hybridized carbons (Fsp3) is 0.417. The fourth-order valence-corrected chi connectivity index (χ4v) is 4.93. The van der Waals surface area contributed by atoms with Crippen molar-refractivity contribution in [2.75, 3.05) is 26.2 Å². The second-order valence-electron chi connectivity index (χ2n) is 8.92. The molecule has 33 heavy (non-hydrogen) atoms. The Bertz CT molecular complexity index is 1190. The number of pyridine rings is 1. The number of nitrogens with zero attached hydrogens (tertiary/aromatic N) is 4. The Morgan fingerprint density at radius 1 is 1.15 bits per heavy atom.